The van der Waals surface area contributed by atoms with Crippen LogP contribution in [-0.2, 0) is 14.8 Å². The van der Waals surface area contributed by atoms with E-state index < -0.39 is 34.5 Å². The molecule has 12 heteroatoms. The summed E-state index contributed by atoms with van der Waals surface area (Å²) in [6.07, 6.45) is 0.966. The Kier molecular flexibility index (Phi) is 7.77. The zero-order valence-electron chi connectivity index (χ0n) is 14.1. The van der Waals surface area contributed by atoms with Crippen LogP contribution in [0.2, 0.25) is 0 Å². The number of amides is 2. The molecule has 2 amide bonds. The number of ether oxygens (including phenoxy) is 2. The van der Waals surface area contributed by atoms with E-state index in [4.69, 9.17) is 14.6 Å². The van der Waals surface area contributed by atoms with E-state index in [-0.39, 0.29) is 22.9 Å². The SMILES string of the molecule is CCCCS(=O)(=O)NC(=O)c1cnc(OC(=O)NCC(=O)O)c(OC)c1. The fraction of sp³-hybridized carbons (Fsp3) is 0.429. The molecule has 0 aliphatic heterocycles. The number of methoxy groups -OCH3 is 1. The molecule has 0 spiro atoms. The lowest BCUT2D eigenvalue weighted by Gasteiger charge is -2.10. The Hall–Kier alpha value is -2.89. The molecule has 3 N–H and O–H groups in total. The lowest BCUT2D eigenvalue weighted by atomic mass is 10.2. The number of rotatable bonds is 9. The first-order valence-electron chi connectivity index (χ1n) is 7.44. The first-order valence-corrected chi connectivity index (χ1v) is 9.10. The second-order valence-corrected chi connectivity index (χ2v) is 6.81. The molecule has 11 nitrogen and oxygen atoms in total. The van der Waals surface area contributed by atoms with E-state index in [2.05, 4.69) is 4.98 Å². The predicted molar refractivity (Wildman–Crippen MR) is 88.6 cm³/mol. The first-order chi connectivity index (χ1) is 12.2. The highest BCUT2D eigenvalue weighted by Gasteiger charge is 2.19. The number of carboxylic acid groups (broad SMARTS) is 1. The Labute approximate surface area is 149 Å². The van der Waals surface area contributed by atoms with Crippen LogP contribution in [0.5, 0.6) is 11.6 Å². The van der Waals surface area contributed by atoms with Crippen LogP contribution >= 0.6 is 0 Å². The van der Waals surface area contributed by atoms with Crippen LogP contribution in [0.3, 0.4) is 0 Å². The molecule has 0 aliphatic carbocycles. The van der Waals surface area contributed by atoms with Gasteiger partial charge in [-0.3, -0.25) is 9.59 Å². The van der Waals surface area contributed by atoms with Gasteiger partial charge in [-0.2, -0.15) is 0 Å². The summed E-state index contributed by atoms with van der Waals surface area (Å²) in [5, 5.41) is 10.4. The number of carbonyl (C=O) groups is 3. The van der Waals surface area contributed by atoms with Gasteiger partial charge in [0.2, 0.25) is 10.0 Å². The Balaban J connectivity index is 2.86. The maximum atomic E-state index is 12.0. The van der Waals surface area contributed by atoms with Gasteiger partial charge in [0.05, 0.1) is 18.4 Å². The van der Waals surface area contributed by atoms with Crippen molar-refractivity contribution in [3.63, 3.8) is 0 Å². The number of carboxylic acids is 1. The number of unbranched alkanes of at least 4 members (excludes halogenated alkanes) is 1. The predicted octanol–water partition coefficient (Wildman–Crippen LogP) is 0.123. The van der Waals surface area contributed by atoms with Crippen molar-refractivity contribution in [2.75, 3.05) is 19.4 Å². The average molecular weight is 389 g/mol. The number of nitrogens with one attached hydrogen (secondary N) is 2. The minimum absolute atomic E-state index is 0.117. The molecule has 1 rings (SSSR count). The molecule has 1 heterocycles. The molecule has 0 bridgehead atoms. The number of pyridine rings is 1. The van der Waals surface area contributed by atoms with E-state index in [1.54, 1.807) is 0 Å². The second-order valence-electron chi connectivity index (χ2n) is 4.97. The van der Waals surface area contributed by atoms with Gasteiger partial charge in [0.15, 0.2) is 5.75 Å². The molecular formula is C14H19N3O8S. The van der Waals surface area contributed by atoms with E-state index in [0.717, 1.165) is 12.3 Å². The van der Waals surface area contributed by atoms with E-state index in [0.29, 0.717) is 12.8 Å². The number of aromatic nitrogens is 1. The van der Waals surface area contributed by atoms with E-state index in [1.807, 2.05) is 17.0 Å². The lowest BCUT2D eigenvalue weighted by Crippen LogP contribution is -2.33. The number of aliphatic carboxylic acids is 1. The summed E-state index contributed by atoms with van der Waals surface area (Å²) in [5.74, 6) is -2.80. The van der Waals surface area contributed by atoms with Gasteiger partial charge < -0.3 is 19.9 Å². The van der Waals surface area contributed by atoms with Gasteiger partial charge in [-0.15, -0.1) is 0 Å². The van der Waals surface area contributed by atoms with Crippen molar-refractivity contribution in [1.82, 2.24) is 15.0 Å². The highest BCUT2D eigenvalue weighted by molar-refractivity contribution is 7.90. The zero-order valence-corrected chi connectivity index (χ0v) is 15.0. The topological polar surface area (TPSA) is 161 Å². The summed E-state index contributed by atoms with van der Waals surface area (Å²) < 4.78 is 35.1. The van der Waals surface area contributed by atoms with Crippen molar-refractivity contribution in [1.29, 1.82) is 0 Å². The molecule has 0 aliphatic rings. The van der Waals surface area contributed by atoms with Gasteiger partial charge >= 0.3 is 12.1 Å². The van der Waals surface area contributed by atoms with Gasteiger partial charge in [0.1, 0.15) is 6.54 Å². The molecule has 144 valence electrons. The highest BCUT2D eigenvalue weighted by Crippen LogP contribution is 2.25. The molecule has 26 heavy (non-hydrogen) atoms. The molecule has 0 saturated carbocycles. The molecule has 0 atom stereocenters. The summed E-state index contributed by atoms with van der Waals surface area (Å²) in [5.41, 5.74) is -0.125. The number of carbonyl (C=O) groups excluding carboxylic acids is 2. The average Bonchev–Trinajstić information content (AvgIpc) is 2.58. The van der Waals surface area contributed by atoms with Crippen LogP contribution in [-0.4, -0.2) is 55.9 Å². The number of nitrogens with zero attached hydrogens (tertiary/aromatic N) is 1. The van der Waals surface area contributed by atoms with Crippen molar-refractivity contribution in [3.05, 3.63) is 17.8 Å². The van der Waals surface area contributed by atoms with Crippen LogP contribution in [0, 0.1) is 0 Å². The first kappa shape index (κ1) is 21.2. The molecule has 0 saturated heterocycles. The van der Waals surface area contributed by atoms with Crippen molar-refractivity contribution in [2.24, 2.45) is 0 Å². The standard InChI is InChI=1S/C14H19N3O8S/c1-3-4-5-26(22,23)17-12(20)9-6-10(24-2)13(15-7-9)25-14(21)16-8-11(18)19/h6-7H,3-5,8H2,1-2H3,(H,16,21)(H,17,20)(H,18,19). The quantitative estimate of drug-likeness (QED) is 0.533. The van der Waals surface area contributed by atoms with Crippen molar-refractivity contribution in [3.8, 4) is 11.6 Å². The van der Waals surface area contributed by atoms with Gasteiger partial charge in [-0.1, -0.05) is 13.3 Å². The molecule has 0 fully saturated rings. The smallest absolute Gasteiger partial charge is 0.414 e. The minimum Gasteiger partial charge on any atom is -0.491 e. The van der Waals surface area contributed by atoms with Gasteiger partial charge in [0, 0.05) is 12.3 Å². The Morgan fingerprint density at radius 2 is 2.00 bits per heavy atom. The summed E-state index contributed by atoms with van der Waals surface area (Å²) >= 11 is 0. The Morgan fingerprint density at radius 3 is 2.58 bits per heavy atom. The fourth-order valence-electron chi connectivity index (χ4n) is 1.64. The van der Waals surface area contributed by atoms with Crippen LogP contribution in [0.4, 0.5) is 4.79 Å². The van der Waals surface area contributed by atoms with Crippen LogP contribution < -0.4 is 19.5 Å². The van der Waals surface area contributed by atoms with Gasteiger partial charge in [-0.05, 0) is 6.42 Å². The Bertz CT molecular complexity index is 778. The number of sulfonamides is 1. The third-order valence-electron chi connectivity index (χ3n) is 2.89. The molecule has 1 aromatic heterocycles. The number of hydrogen-bond acceptors (Lipinski definition) is 8. The summed E-state index contributed by atoms with van der Waals surface area (Å²) in [6.45, 7) is 1.16. The summed E-state index contributed by atoms with van der Waals surface area (Å²) in [7, 11) is -2.55. The molecule has 1 aromatic rings. The molecule has 0 radical (unpaired) electrons. The van der Waals surface area contributed by atoms with Crippen LogP contribution in [0.15, 0.2) is 12.3 Å². The maximum Gasteiger partial charge on any atom is 0.414 e. The summed E-state index contributed by atoms with van der Waals surface area (Å²) in [4.78, 5) is 37.6. The third-order valence-corrected chi connectivity index (χ3v) is 4.21. The van der Waals surface area contributed by atoms with Crippen molar-refractivity contribution < 1.29 is 37.4 Å². The second kappa shape index (κ2) is 9.56. The number of hydrogen-bond donors (Lipinski definition) is 3. The third kappa shape index (κ3) is 6.93. The fourth-order valence-corrected chi connectivity index (χ4v) is 2.81. The van der Waals surface area contributed by atoms with Gasteiger partial charge in [-0.25, -0.2) is 22.9 Å². The van der Waals surface area contributed by atoms with Gasteiger partial charge in [0.25, 0.3) is 11.8 Å². The lowest BCUT2D eigenvalue weighted by molar-refractivity contribution is -0.135. The van der Waals surface area contributed by atoms with Crippen molar-refractivity contribution in [2.45, 2.75) is 19.8 Å². The zero-order chi connectivity index (χ0) is 19.7. The minimum atomic E-state index is -3.77. The van der Waals surface area contributed by atoms with E-state index in [9.17, 15) is 22.8 Å². The molecule has 0 unspecified atom stereocenters. The monoisotopic (exact) mass is 389 g/mol. The highest BCUT2D eigenvalue weighted by atomic mass is 32.2. The van der Waals surface area contributed by atoms with Crippen molar-refractivity contribution >= 4 is 28.0 Å². The van der Waals surface area contributed by atoms with Crippen LogP contribution in [0.1, 0.15) is 30.1 Å². The van der Waals surface area contributed by atoms with Crippen LogP contribution in [0.25, 0.3) is 0 Å². The molecular weight excluding hydrogens is 370 g/mol. The normalized spacial score (nSPS) is 10.7. The Morgan fingerprint density at radius 1 is 1.31 bits per heavy atom. The largest absolute Gasteiger partial charge is 0.491 e. The van der Waals surface area contributed by atoms with E-state index in [1.165, 1.54) is 7.11 Å². The van der Waals surface area contributed by atoms with E-state index >= 15 is 0 Å². The molecule has 0 aromatic carbocycles. The summed E-state index contributed by atoms with van der Waals surface area (Å²) in [6, 6.07) is 1.14. The maximum absolute atomic E-state index is 12.0.